The Morgan fingerprint density at radius 1 is 1.29 bits per heavy atom. The SMILES string of the molecule is COc1ccccc1N=c1scc(C)n1CCC[NH+]1CCOCC1. The normalized spacial score (nSPS) is 16.5. The van der Waals surface area contributed by atoms with E-state index < -0.39 is 0 Å². The van der Waals surface area contributed by atoms with Gasteiger partial charge < -0.3 is 18.9 Å². The molecule has 0 radical (unpaired) electrons. The number of ether oxygens (including phenoxy) is 2. The van der Waals surface area contributed by atoms with E-state index >= 15 is 0 Å². The van der Waals surface area contributed by atoms with E-state index in [2.05, 4.69) is 16.9 Å². The van der Waals surface area contributed by atoms with Crippen LogP contribution in [0.4, 0.5) is 5.69 Å². The van der Waals surface area contributed by atoms with Crippen LogP contribution in [0.5, 0.6) is 5.75 Å². The van der Waals surface area contributed by atoms with E-state index in [1.54, 1.807) is 23.3 Å². The summed E-state index contributed by atoms with van der Waals surface area (Å²) in [5.74, 6) is 0.813. The predicted octanol–water partition coefficient (Wildman–Crippen LogP) is 1.40. The van der Waals surface area contributed by atoms with Crippen LogP contribution in [-0.2, 0) is 11.3 Å². The molecule has 1 saturated heterocycles. The van der Waals surface area contributed by atoms with Crippen LogP contribution in [0, 0.1) is 6.92 Å². The molecule has 0 spiro atoms. The Morgan fingerprint density at radius 2 is 2.08 bits per heavy atom. The molecule has 0 atom stereocenters. The average Bonchev–Trinajstić information content (AvgIpc) is 2.96. The number of hydrogen-bond donors (Lipinski definition) is 1. The second-order valence-electron chi connectivity index (χ2n) is 6.06. The van der Waals surface area contributed by atoms with Crippen LogP contribution in [0.2, 0.25) is 0 Å². The summed E-state index contributed by atoms with van der Waals surface area (Å²) in [7, 11) is 1.69. The Labute approximate surface area is 147 Å². The van der Waals surface area contributed by atoms with Crippen molar-refractivity contribution in [2.75, 3.05) is 40.0 Å². The number of benzene rings is 1. The van der Waals surface area contributed by atoms with Crippen LogP contribution in [-0.4, -0.2) is 44.5 Å². The van der Waals surface area contributed by atoms with Gasteiger partial charge in [0.25, 0.3) is 0 Å². The molecule has 5 nitrogen and oxygen atoms in total. The molecule has 0 aliphatic carbocycles. The molecule has 0 saturated carbocycles. The summed E-state index contributed by atoms with van der Waals surface area (Å²) in [6, 6.07) is 7.91. The Hall–Kier alpha value is -1.63. The van der Waals surface area contributed by atoms with Gasteiger partial charge in [-0.1, -0.05) is 12.1 Å². The second kappa shape index (κ2) is 8.46. The number of quaternary nitrogens is 1. The molecule has 6 heteroatoms. The maximum absolute atomic E-state index is 5.43. The molecule has 2 heterocycles. The molecule has 1 aromatic heterocycles. The van der Waals surface area contributed by atoms with Crippen molar-refractivity contribution in [1.82, 2.24) is 4.57 Å². The molecule has 3 rings (SSSR count). The van der Waals surface area contributed by atoms with Gasteiger partial charge in [-0.15, -0.1) is 11.3 Å². The lowest BCUT2D eigenvalue weighted by Gasteiger charge is -2.23. The summed E-state index contributed by atoms with van der Waals surface area (Å²) in [4.78, 5) is 7.51. The molecular weight excluding hydrogens is 322 g/mol. The summed E-state index contributed by atoms with van der Waals surface area (Å²) < 4.78 is 13.2. The van der Waals surface area contributed by atoms with E-state index in [0.717, 1.165) is 55.5 Å². The lowest BCUT2D eigenvalue weighted by molar-refractivity contribution is -0.908. The minimum Gasteiger partial charge on any atom is -0.494 e. The molecule has 1 aromatic carbocycles. The largest absolute Gasteiger partial charge is 0.494 e. The number of morpholine rings is 1. The fourth-order valence-electron chi connectivity index (χ4n) is 3.00. The fraction of sp³-hybridized carbons (Fsp3) is 0.500. The fourth-order valence-corrected chi connectivity index (χ4v) is 3.91. The molecular formula is C18H26N3O2S+. The van der Waals surface area contributed by atoms with Gasteiger partial charge in [0.2, 0.25) is 0 Å². The number of thiazole rings is 1. The van der Waals surface area contributed by atoms with Crippen LogP contribution in [0.15, 0.2) is 34.6 Å². The number of aryl methyl sites for hydroxylation is 1. The Kier molecular flexibility index (Phi) is 6.07. The number of para-hydroxylation sites is 2. The quantitative estimate of drug-likeness (QED) is 0.857. The van der Waals surface area contributed by atoms with Gasteiger partial charge in [0.1, 0.15) is 24.5 Å². The molecule has 0 unspecified atom stereocenters. The summed E-state index contributed by atoms with van der Waals surface area (Å²) in [6.45, 7) is 8.41. The molecule has 0 amide bonds. The van der Waals surface area contributed by atoms with Crippen molar-refractivity contribution >= 4 is 17.0 Å². The highest BCUT2D eigenvalue weighted by molar-refractivity contribution is 7.07. The monoisotopic (exact) mass is 348 g/mol. The number of methoxy groups -OCH3 is 1. The van der Waals surface area contributed by atoms with Crippen molar-refractivity contribution in [3.05, 3.63) is 40.1 Å². The zero-order valence-electron chi connectivity index (χ0n) is 14.5. The summed E-state index contributed by atoms with van der Waals surface area (Å²) in [5.41, 5.74) is 2.15. The molecule has 1 aliphatic heterocycles. The van der Waals surface area contributed by atoms with Gasteiger partial charge in [-0.05, 0) is 19.1 Å². The van der Waals surface area contributed by atoms with E-state index in [4.69, 9.17) is 14.5 Å². The first-order chi connectivity index (χ1) is 11.8. The van der Waals surface area contributed by atoms with Gasteiger partial charge in [-0.25, -0.2) is 4.99 Å². The van der Waals surface area contributed by atoms with Gasteiger partial charge >= 0.3 is 0 Å². The van der Waals surface area contributed by atoms with Crippen molar-refractivity contribution in [3.63, 3.8) is 0 Å². The van der Waals surface area contributed by atoms with Gasteiger partial charge in [-0.3, -0.25) is 0 Å². The highest BCUT2D eigenvalue weighted by atomic mass is 32.1. The van der Waals surface area contributed by atoms with Crippen LogP contribution in [0.3, 0.4) is 0 Å². The lowest BCUT2D eigenvalue weighted by Crippen LogP contribution is -3.14. The van der Waals surface area contributed by atoms with Crippen molar-refractivity contribution in [2.45, 2.75) is 19.9 Å². The Morgan fingerprint density at radius 3 is 2.88 bits per heavy atom. The van der Waals surface area contributed by atoms with E-state index in [-0.39, 0.29) is 0 Å². The van der Waals surface area contributed by atoms with Crippen molar-refractivity contribution < 1.29 is 14.4 Å². The van der Waals surface area contributed by atoms with E-state index in [0.29, 0.717) is 0 Å². The summed E-state index contributed by atoms with van der Waals surface area (Å²) >= 11 is 1.69. The molecule has 1 N–H and O–H groups in total. The van der Waals surface area contributed by atoms with E-state index in [9.17, 15) is 0 Å². The van der Waals surface area contributed by atoms with Crippen molar-refractivity contribution in [2.24, 2.45) is 4.99 Å². The second-order valence-corrected chi connectivity index (χ2v) is 6.90. The zero-order valence-corrected chi connectivity index (χ0v) is 15.3. The van der Waals surface area contributed by atoms with Gasteiger partial charge in [0, 0.05) is 24.0 Å². The minimum atomic E-state index is 0.813. The van der Waals surface area contributed by atoms with Crippen LogP contribution in [0.1, 0.15) is 12.1 Å². The number of aromatic nitrogens is 1. The van der Waals surface area contributed by atoms with Crippen LogP contribution < -0.4 is 14.4 Å². The maximum Gasteiger partial charge on any atom is 0.190 e. The van der Waals surface area contributed by atoms with E-state index in [1.165, 1.54) is 12.2 Å². The first-order valence-electron chi connectivity index (χ1n) is 8.52. The third kappa shape index (κ3) is 4.26. The maximum atomic E-state index is 5.43. The number of nitrogens with zero attached hydrogens (tertiary/aromatic N) is 2. The van der Waals surface area contributed by atoms with Gasteiger partial charge in [-0.2, -0.15) is 0 Å². The third-order valence-electron chi connectivity index (χ3n) is 4.40. The van der Waals surface area contributed by atoms with Gasteiger partial charge in [0.05, 0.1) is 26.9 Å². The van der Waals surface area contributed by atoms with E-state index in [1.807, 2.05) is 24.3 Å². The number of hydrogen-bond acceptors (Lipinski definition) is 4. The summed E-state index contributed by atoms with van der Waals surface area (Å²) in [6.07, 6.45) is 1.16. The first kappa shape index (κ1) is 17.2. The molecule has 2 aromatic rings. The van der Waals surface area contributed by atoms with Crippen LogP contribution >= 0.6 is 11.3 Å². The minimum absolute atomic E-state index is 0.813. The summed E-state index contributed by atoms with van der Waals surface area (Å²) in [5, 5.41) is 2.18. The highest BCUT2D eigenvalue weighted by Gasteiger charge is 2.13. The third-order valence-corrected chi connectivity index (χ3v) is 5.39. The first-order valence-corrected chi connectivity index (χ1v) is 9.40. The van der Waals surface area contributed by atoms with Gasteiger partial charge in [0.15, 0.2) is 4.80 Å². The highest BCUT2D eigenvalue weighted by Crippen LogP contribution is 2.25. The molecule has 130 valence electrons. The zero-order chi connectivity index (χ0) is 16.8. The lowest BCUT2D eigenvalue weighted by atomic mass is 10.3. The Balaban J connectivity index is 1.72. The molecule has 1 aliphatic rings. The molecule has 0 bridgehead atoms. The standard InChI is InChI=1S/C18H25N3O2S/c1-15-14-24-18(19-16-6-3-4-7-17(16)22-2)21(15)9-5-8-20-10-12-23-13-11-20/h3-4,6-7,14H,5,8-13H2,1-2H3/p+1. The average molecular weight is 348 g/mol. The molecule has 24 heavy (non-hydrogen) atoms. The molecule has 1 fully saturated rings. The Bertz CT molecular complexity index is 717. The number of rotatable bonds is 6. The van der Waals surface area contributed by atoms with Crippen molar-refractivity contribution in [1.29, 1.82) is 0 Å². The van der Waals surface area contributed by atoms with Crippen LogP contribution in [0.25, 0.3) is 0 Å². The number of nitrogens with one attached hydrogen (secondary N) is 1. The predicted molar refractivity (Wildman–Crippen MR) is 96.3 cm³/mol. The smallest absolute Gasteiger partial charge is 0.190 e. The topological polar surface area (TPSA) is 40.2 Å². The van der Waals surface area contributed by atoms with Crippen molar-refractivity contribution in [3.8, 4) is 5.75 Å².